The van der Waals surface area contributed by atoms with Crippen LogP contribution in [0.2, 0.25) is 0 Å². The molecule has 0 atom stereocenters. The fraction of sp³-hybridized carbons (Fsp3) is 0.455. The van der Waals surface area contributed by atoms with Crippen LogP contribution in [0.25, 0.3) is 0 Å². The summed E-state index contributed by atoms with van der Waals surface area (Å²) < 4.78 is 0. The number of aldehydes is 1. The van der Waals surface area contributed by atoms with Gasteiger partial charge in [-0.3, -0.25) is 4.79 Å². The molecule has 2 rings (SSSR count). The molecule has 1 aromatic rings. The Morgan fingerprint density at radius 1 is 1.31 bits per heavy atom. The average Bonchev–Trinajstić information content (AvgIpc) is 2.39. The number of nitrogens with zero attached hydrogens (tertiary/aromatic N) is 3. The SMILES string of the molecule is O=CC1CCN(C(=O)c2ncccn2)CC1. The van der Waals surface area contributed by atoms with Crippen LogP contribution in [0.3, 0.4) is 0 Å². The van der Waals surface area contributed by atoms with Gasteiger partial charge in [0.05, 0.1) is 0 Å². The molecule has 0 N–H and O–H groups in total. The van der Waals surface area contributed by atoms with Crippen molar-refractivity contribution in [2.75, 3.05) is 13.1 Å². The van der Waals surface area contributed by atoms with Crippen LogP contribution in [0.1, 0.15) is 23.5 Å². The van der Waals surface area contributed by atoms with Crippen LogP contribution in [0, 0.1) is 5.92 Å². The Morgan fingerprint density at radius 3 is 2.50 bits per heavy atom. The lowest BCUT2D eigenvalue weighted by Gasteiger charge is -2.28. The monoisotopic (exact) mass is 219 g/mol. The second-order valence-corrected chi connectivity index (χ2v) is 3.84. The van der Waals surface area contributed by atoms with E-state index in [0.29, 0.717) is 13.1 Å². The molecule has 5 heteroatoms. The summed E-state index contributed by atoms with van der Waals surface area (Å²) in [6.07, 6.45) is 5.56. The molecule has 1 aliphatic rings. The molecule has 1 amide bonds. The third-order valence-corrected chi connectivity index (χ3v) is 2.78. The van der Waals surface area contributed by atoms with Crippen LogP contribution < -0.4 is 0 Å². The van der Waals surface area contributed by atoms with Crippen molar-refractivity contribution in [2.24, 2.45) is 5.92 Å². The normalized spacial score (nSPS) is 17.1. The van der Waals surface area contributed by atoms with Gasteiger partial charge in [0.2, 0.25) is 5.82 Å². The molecule has 1 saturated heterocycles. The predicted molar refractivity (Wildman–Crippen MR) is 56.7 cm³/mol. The highest BCUT2D eigenvalue weighted by Gasteiger charge is 2.24. The van der Waals surface area contributed by atoms with E-state index in [1.165, 1.54) is 0 Å². The fourth-order valence-corrected chi connectivity index (χ4v) is 1.79. The molecule has 5 nitrogen and oxygen atoms in total. The number of aromatic nitrogens is 2. The summed E-state index contributed by atoms with van der Waals surface area (Å²) in [4.78, 5) is 32.0. The van der Waals surface area contributed by atoms with Gasteiger partial charge in [0, 0.05) is 31.4 Å². The highest BCUT2D eigenvalue weighted by Crippen LogP contribution is 2.15. The number of amides is 1. The molecule has 0 saturated carbocycles. The molecule has 1 fully saturated rings. The average molecular weight is 219 g/mol. The predicted octanol–water partition coefficient (Wildman–Crippen LogP) is 0.528. The highest BCUT2D eigenvalue weighted by atomic mass is 16.2. The Hall–Kier alpha value is -1.78. The Bertz CT molecular complexity index is 372. The largest absolute Gasteiger partial charge is 0.336 e. The first-order valence-electron chi connectivity index (χ1n) is 5.33. The van der Waals surface area contributed by atoms with Crippen molar-refractivity contribution in [3.8, 4) is 0 Å². The van der Waals surface area contributed by atoms with E-state index in [0.717, 1.165) is 19.1 Å². The van der Waals surface area contributed by atoms with Crippen LogP contribution in [0.4, 0.5) is 0 Å². The molecule has 0 aliphatic carbocycles. The summed E-state index contributed by atoms with van der Waals surface area (Å²) in [6.45, 7) is 1.22. The van der Waals surface area contributed by atoms with E-state index in [2.05, 4.69) is 9.97 Å². The van der Waals surface area contributed by atoms with Gasteiger partial charge in [0.1, 0.15) is 6.29 Å². The molecule has 0 aromatic carbocycles. The van der Waals surface area contributed by atoms with Crippen molar-refractivity contribution in [3.63, 3.8) is 0 Å². The Morgan fingerprint density at radius 2 is 1.94 bits per heavy atom. The van der Waals surface area contributed by atoms with Gasteiger partial charge in [-0.25, -0.2) is 9.97 Å². The quantitative estimate of drug-likeness (QED) is 0.680. The summed E-state index contributed by atoms with van der Waals surface area (Å²) in [5.74, 6) is 0.178. The van der Waals surface area contributed by atoms with Crippen LogP contribution >= 0.6 is 0 Å². The summed E-state index contributed by atoms with van der Waals surface area (Å²) in [5.41, 5.74) is 0. The van der Waals surface area contributed by atoms with E-state index < -0.39 is 0 Å². The minimum absolute atomic E-state index is 0.0979. The molecule has 0 unspecified atom stereocenters. The van der Waals surface area contributed by atoms with Crippen molar-refractivity contribution in [1.82, 2.24) is 14.9 Å². The van der Waals surface area contributed by atoms with E-state index in [9.17, 15) is 9.59 Å². The molecule has 1 aliphatic heterocycles. The molecule has 84 valence electrons. The van der Waals surface area contributed by atoms with E-state index in [4.69, 9.17) is 0 Å². The van der Waals surface area contributed by atoms with Crippen molar-refractivity contribution in [1.29, 1.82) is 0 Å². The second kappa shape index (κ2) is 4.83. The zero-order valence-corrected chi connectivity index (χ0v) is 8.87. The van der Waals surface area contributed by atoms with Gasteiger partial charge in [-0.05, 0) is 18.9 Å². The molecule has 0 radical (unpaired) electrons. The smallest absolute Gasteiger partial charge is 0.291 e. The Labute approximate surface area is 93.5 Å². The molecule has 0 spiro atoms. The minimum Gasteiger partial charge on any atom is -0.336 e. The fourth-order valence-electron chi connectivity index (χ4n) is 1.79. The number of carbonyl (C=O) groups excluding carboxylic acids is 2. The summed E-state index contributed by atoms with van der Waals surface area (Å²) in [6, 6.07) is 1.68. The van der Waals surface area contributed by atoms with Gasteiger partial charge in [0.25, 0.3) is 5.91 Å². The maximum Gasteiger partial charge on any atom is 0.291 e. The maximum atomic E-state index is 11.9. The van der Waals surface area contributed by atoms with Crippen LogP contribution in [-0.4, -0.2) is 40.2 Å². The second-order valence-electron chi connectivity index (χ2n) is 3.84. The van der Waals surface area contributed by atoms with Gasteiger partial charge in [-0.1, -0.05) is 0 Å². The third kappa shape index (κ3) is 2.24. The van der Waals surface area contributed by atoms with Crippen molar-refractivity contribution in [3.05, 3.63) is 24.3 Å². The van der Waals surface area contributed by atoms with Gasteiger partial charge < -0.3 is 9.69 Å². The molecular weight excluding hydrogens is 206 g/mol. The first-order chi connectivity index (χ1) is 7.81. The van der Waals surface area contributed by atoms with E-state index in [1.54, 1.807) is 23.4 Å². The molecule has 0 bridgehead atoms. The lowest BCUT2D eigenvalue weighted by molar-refractivity contribution is -0.112. The Kier molecular flexibility index (Phi) is 3.24. The van der Waals surface area contributed by atoms with Gasteiger partial charge in [0.15, 0.2) is 0 Å². The molecule has 16 heavy (non-hydrogen) atoms. The van der Waals surface area contributed by atoms with E-state index >= 15 is 0 Å². The number of piperidine rings is 1. The van der Waals surface area contributed by atoms with E-state index in [-0.39, 0.29) is 17.6 Å². The van der Waals surface area contributed by atoms with E-state index in [1.807, 2.05) is 0 Å². The standard InChI is InChI=1S/C11H13N3O2/c15-8-9-2-6-14(7-3-9)11(16)10-12-4-1-5-13-10/h1,4-5,8-9H,2-3,6-7H2. The summed E-state index contributed by atoms with van der Waals surface area (Å²) >= 11 is 0. The first kappa shape index (κ1) is 10.7. The zero-order chi connectivity index (χ0) is 11.4. The number of hydrogen-bond acceptors (Lipinski definition) is 4. The lowest BCUT2D eigenvalue weighted by Crippen LogP contribution is -2.39. The Balaban J connectivity index is 1.99. The minimum atomic E-state index is -0.148. The first-order valence-corrected chi connectivity index (χ1v) is 5.33. The lowest BCUT2D eigenvalue weighted by atomic mass is 9.98. The number of carbonyl (C=O) groups is 2. The van der Waals surface area contributed by atoms with Crippen molar-refractivity contribution < 1.29 is 9.59 Å². The highest BCUT2D eigenvalue weighted by molar-refractivity contribution is 5.90. The molecular formula is C11H13N3O2. The van der Waals surface area contributed by atoms with Crippen LogP contribution in [-0.2, 0) is 4.79 Å². The number of hydrogen-bond donors (Lipinski definition) is 0. The topological polar surface area (TPSA) is 63.2 Å². The molecule has 1 aromatic heterocycles. The third-order valence-electron chi connectivity index (χ3n) is 2.78. The molecule has 2 heterocycles. The van der Waals surface area contributed by atoms with Crippen molar-refractivity contribution in [2.45, 2.75) is 12.8 Å². The summed E-state index contributed by atoms with van der Waals surface area (Å²) in [7, 11) is 0. The number of likely N-dealkylation sites (tertiary alicyclic amines) is 1. The van der Waals surface area contributed by atoms with Crippen LogP contribution in [0.5, 0.6) is 0 Å². The summed E-state index contributed by atoms with van der Waals surface area (Å²) in [5, 5.41) is 0. The van der Waals surface area contributed by atoms with Crippen molar-refractivity contribution >= 4 is 12.2 Å². The number of rotatable bonds is 2. The van der Waals surface area contributed by atoms with Gasteiger partial charge in [-0.15, -0.1) is 0 Å². The zero-order valence-electron chi connectivity index (χ0n) is 8.87. The van der Waals surface area contributed by atoms with Gasteiger partial charge in [-0.2, -0.15) is 0 Å². The maximum absolute atomic E-state index is 11.9. The van der Waals surface area contributed by atoms with Crippen LogP contribution in [0.15, 0.2) is 18.5 Å². The van der Waals surface area contributed by atoms with Gasteiger partial charge >= 0.3 is 0 Å².